The van der Waals surface area contributed by atoms with Crippen LogP contribution in [0.3, 0.4) is 0 Å². The first kappa shape index (κ1) is 13.0. The molecule has 0 bridgehead atoms. The van der Waals surface area contributed by atoms with Crippen LogP contribution in [-0.2, 0) is 0 Å². The maximum absolute atomic E-state index is 9.53. The average Bonchev–Trinajstić information content (AvgIpc) is 2.87. The van der Waals surface area contributed by atoms with Gasteiger partial charge in [0.15, 0.2) is 0 Å². The lowest BCUT2D eigenvalue weighted by atomic mass is 9.87. The second kappa shape index (κ2) is 5.44. The number of anilines is 2. The molecule has 5 heteroatoms. The fourth-order valence-corrected chi connectivity index (χ4v) is 2.51. The van der Waals surface area contributed by atoms with Crippen LogP contribution >= 0.6 is 0 Å². The van der Waals surface area contributed by atoms with E-state index in [0.29, 0.717) is 11.6 Å². The fraction of sp³-hybridized carbons (Fsp3) is 0.615. The number of nitrogens with one attached hydrogen (secondary N) is 1. The van der Waals surface area contributed by atoms with Crippen LogP contribution in [0.1, 0.15) is 25.7 Å². The smallest absolute Gasteiger partial charge is 0.238 e. The SMILES string of the molecule is COc1nc(NCC2(CO)CCCC2)ccc1N. The minimum atomic E-state index is 0.0102. The lowest BCUT2D eigenvalue weighted by molar-refractivity contribution is 0.142. The number of methoxy groups -OCH3 is 1. The summed E-state index contributed by atoms with van der Waals surface area (Å²) in [6.07, 6.45) is 4.53. The minimum Gasteiger partial charge on any atom is -0.479 e. The highest BCUT2D eigenvalue weighted by molar-refractivity contribution is 5.53. The molecule has 0 unspecified atom stereocenters. The zero-order valence-corrected chi connectivity index (χ0v) is 10.8. The van der Waals surface area contributed by atoms with Crippen LogP contribution in [0.15, 0.2) is 12.1 Å². The molecule has 5 nitrogen and oxygen atoms in total. The van der Waals surface area contributed by atoms with E-state index in [2.05, 4.69) is 10.3 Å². The van der Waals surface area contributed by atoms with Gasteiger partial charge in [-0.25, -0.2) is 0 Å². The topological polar surface area (TPSA) is 80.4 Å². The van der Waals surface area contributed by atoms with Gasteiger partial charge in [-0.05, 0) is 25.0 Å². The van der Waals surface area contributed by atoms with Gasteiger partial charge >= 0.3 is 0 Å². The van der Waals surface area contributed by atoms with Crippen LogP contribution in [0, 0.1) is 5.41 Å². The summed E-state index contributed by atoms with van der Waals surface area (Å²) in [5, 5.41) is 12.8. The number of rotatable bonds is 5. The molecule has 1 aromatic rings. The first-order valence-corrected chi connectivity index (χ1v) is 6.34. The number of nitrogens with two attached hydrogens (primary N) is 1. The van der Waals surface area contributed by atoms with Gasteiger partial charge in [-0.15, -0.1) is 0 Å². The van der Waals surface area contributed by atoms with E-state index in [0.717, 1.165) is 25.2 Å². The van der Waals surface area contributed by atoms with Gasteiger partial charge in [0.25, 0.3) is 0 Å². The quantitative estimate of drug-likeness (QED) is 0.741. The van der Waals surface area contributed by atoms with Gasteiger partial charge in [0.2, 0.25) is 5.88 Å². The third kappa shape index (κ3) is 2.67. The van der Waals surface area contributed by atoms with Crippen LogP contribution in [0.5, 0.6) is 5.88 Å². The zero-order valence-electron chi connectivity index (χ0n) is 10.8. The van der Waals surface area contributed by atoms with Crippen molar-refractivity contribution >= 4 is 11.5 Å². The molecule has 1 aliphatic carbocycles. The van der Waals surface area contributed by atoms with Gasteiger partial charge < -0.3 is 20.9 Å². The van der Waals surface area contributed by atoms with Crippen molar-refractivity contribution in [2.75, 3.05) is 31.3 Å². The lowest BCUT2D eigenvalue weighted by Gasteiger charge is -2.26. The van der Waals surface area contributed by atoms with E-state index in [-0.39, 0.29) is 12.0 Å². The molecule has 1 heterocycles. The van der Waals surface area contributed by atoms with Crippen molar-refractivity contribution in [3.8, 4) is 5.88 Å². The number of aromatic nitrogens is 1. The van der Waals surface area contributed by atoms with Crippen LogP contribution in [0.4, 0.5) is 11.5 Å². The summed E-state index contributed by atoms with van der Waals surface area (Å²) in [5.74, 6) is 1.17. The number of pyridine rings is 1. The molecule has 2 rings (SSSR count). The first-order valence-electron chi connectivity index (χ1n) is 6.34. The van der Waals surface area contributed by atoms with Crippen LogP contribution in [0.2, 0.25) is 0 Å². The minimum absolute atomic E-state index is 0.0102. The Kier molecular flexibility index (Phi) is 3.91. The van der Waals surface area contributed by atoms with Crippen molar-refractivity contribution in [2.45, 2.75) is 25.7 Å². The molecule has 1 saturated carbocycles. The summed E-state index contributed by atoms with van der Waals surface area (Å²) < 4.78 is 5.08. The Morgan fingerprint density at radius 2 is 2.17 bits per heavy atom. The normalized spacial score (nSPS) is 17.7. The van der Waals surface area contributed by atoms with Gasteiger partial charge in [-0.3, -0.25) is 0 Å². The Morgan fingerprint density at radius 1 is 1.44 bits per heavy atom. The number of nitrogens with zero attached hydrogens (tertiary/aromatic N) is 1. The number of ether oxygens (including phenoxy) is 1. The Hall–Kier alpha value is -1.49. The number of aliphatic hydroxyl groups is 1. The van der Waals surface area contributed by atoms with E-state index < -0.39 is 0 Å². The summed E-state index contributed by atoms with van der Waals surface area (Å²) in [5.41, 5.74) is 6.25. The monoisotopic (exact) mass is 251 g/mol. The van der Waals surface area contributed by atoms with Crippen molar-refractivity contribution in [3.63, 3.8) is 0 Å². The van der Waals surface area contributed by atoms with Crippen LogP contribution < -0.4 is 15.8 Å². The Labute approximate surface area is 107 Å². The van der Waals surface area contributed by atoms with E-state index >= 15 is 0 Å². The molecule has 0 aliphatic heterocycles. The van der Waals surface area contributed by atoms with E-state index in [1.807, 2.05) is 6.07 Å². The third-order valence-electron chi connectivity index (χ3n) is 3.73. The predicted octanol–water partition coefficient (Wildman–Crippen LogP) is 1.64. The molecule has 100 valence electrons. The molecular weight excluding hydrogens is 230 g/mol. The highest BCUT2D eigenvalue weighted by Gasteiger charge is 2.32. The summed E-state index contributed by atoms with van der Waals surface area (Å²) in [6, 6.07) is 3.60. The molecule has 1 fully saturated rings. The zero-order chi connectivity index (χ0) is 13.0. The highest BCUT2D eigenvalue weighted by atomic mass is 16.5. The van der Waals surface area contributed by atoms with E-state index in [9.17, 15) is 5.11 Å². The summed E-state index contributed by atoms with van der Waals surface area (Å²) in [6.45, 7) is 0.968. The van der Waals surface area contributed by atoms with Crippen LogP contribution in [0.25, 0.3) is 0 Å². The van der Waals surface area contributed by atoms with Crippen molar-refractivity contribution < 1.29 is 9.84 Å². The molecule has 0 amide bonds. The Bertz CT molecular complexity index is 403. The van der Waals surface area contributed by atoms with Crippen LogP contribution in [-0.4, -0.2) is 30.4 Å². The second-order valence-corrected chi connectivity index (χ2v) is 5.01. The predicted molar refractivity (Wildman–Crippen MR) is 71.7 cm³/mol. The van der Waals surface area contributed by atoms with Gasteiger partial charge in [-0.2, -0.15) is 4.98 Å². The summed E-state index contributed by atoms with van der Waals surface area (Å²) in [7, 11) is 1.55. The van der Waals surface area contributed by atoms with Crippen molar-refractivity contribution in [1.82, 2.24) is 4.98 Å². The fourth-order valence-electron chi connectivity index (χ4n) is 2.51. The molecule has 1 aromatic heterocycles. The number of hydrogen-bond donors (Lipinski definition) is 3. The molecule has 0 aromatic carbocycles. The van der Waals surface area contributed by atoms with Crippen molar-refractivity contribution in [1.29, 1.82) is 0 Å². The molecule has 0 radical (unpaired) electrons. The standard InChI is InChI=1S/C13H21N3O2/c1-18-12-10(14)4-5-11(16-12)15-8-13(9-17)6-2-3-7-13/h4-5,17H,2-3,6-9,14H2,1H3,(H,15,16). The van der Waals surface area contributed by atoms with E-state index in [1.165, 1.54) is 12.8 Å². The lowest BCUT2D eigenvalue weighted by Crippen LogP contribution is -2.30. The maximum atomic E-state index is 9.53. The van der Waals surface area contributed by atoms with Crippen molar-refractivity contribution in [3.05, 3.63) is 12.1 Å². The number of aliphatic hydroxyl groups excluding tert-OH is 1. The molecule has 0 atom stereocenters. The Balaban J connectivity index is 2.01. The van der Waals surface area contributed by atoms with E-state index in [1.54, 1.807) is 13.2 Å². The van der Waals surface area contributed by atoms with Gasteiger partial charge in [0, 0.05) is 12.0 Å². The average molecular weight is 251 g/mol. The molecule has 1 aliphatic rings. The summed E-state index contributed by atoms with van der Waals surface area (Å²) >= 11 is 0. The molecule has 0 saturated heterocycles. The molecule has 0 spiro atoms. The van der Waals surface area contributed by atoms with Gasteiger partial charge in [-0.1, -0.05) is 12.8 Å². The first-order chi connectivity index (χ1) is 8.69. The molecular formula is C13H21N3O2. The number of hydrogen-bond acceptors (Lipinski definition) is 5. The largest absolute Gasteiger partial charge is 0.479 e. The van der Waals surface area contributed by atoms with Crippen molar-refractivity contribution in [2.24, 2.45) is 5.41 Å². The Morgan fingerprint density at radius 3 is 2.78 bits per heavy atom. The van der Waals surface area contributed by atoms with Gasteiger partial charge in [0.1, 0.15) is 5.82 Å². The maximum Gasteiger partial charge on any atom is 0.238 e. The van der Waals surface area contributed by atoms with Gasteiger partial charge in [0.05, 0.1) is 19.4 Å². The second-order valence-electron chi connectivity index (χ2n) is 5.01. The molecule has 4 N–H and O–H groups in total. The molecule has 18 heavy (non-hydrogen) atoms. The highest BCUT2D eigenvalue weighted by Crippen LogP contribution is 2.37. The number of nitrogen functional groups attached to an aromatic ring is 1. The summed E-state index contributed by atoms with van der Waals surface area (Å²) in [4.78, 5) is 4.28. The third-order valence-corrected chi connectivity index (χ3v) is 3.73. The van der Waals surface area contributed by atoms with E-state index in [4.69, 9.17) is 10.5 Å².